The summed E-state index contributed by atoms with van der Waals surface area (Å²) in [5, 5.41) is 13.0. The quantitative estimate of drug-likeness (QED) is 0.682. The number of carbonyl (C=O) groups excluding carboxylic acids is 2. The van der Waals surface area contributed by atoms with E-state index in [4.69, 9.17) is 4.74 Å². The van der Waals surface area contributed by atoms with Gasteiger partial charge in [-0.3, -0.25) is 19.4 Å². The maximum atomic E-state index is 12.8. The second kappa shape index (κ2) is 8.53. The monoisotopic (exact) mass is 416 g/mol. The van der Waals surface area contributed by atoms with Crippen LogP contribution in [0.2, 0.25) is 0 Å². The molecule has 0 unspecified atom stereocenters. The molecule has 164 valence electrons. The van der Waals surface area contributed by atoms with Crippen molar-refractivity contribution in [3.8, 4) is 5.75 Å². The topological polar surface area (TPSA) is 85.3 Å². The molecule has 0 radical (unpaired) electrons. The molecule has 1 aromatic rings. The zero-order chi connectivity index (χ0) is 21.3. The predicted molar refractivity (Wildman–Crippen MR) is 112 cm³/mol. The Bertz CT molecular complexity index is 778. The van der Waals surface area contributed by atoms with E-state index >= 15 is 0 Å². The Kier molecular flexibility index (Phi) is 5.99. The summed E-state index contributed by atoms with van der Waals surface area (Å²) < 4.78 is 5.23. The number of hydrogen-bond acceptors (Lipinski definition) is 6. The van der Waals surface area contributed by atoms with Crippen LogP contribution in [0.5, 0.6) is 5.75 Å². The molecular formula is C22H32N4O4. The Balaban J connectivity index is 1.39. The summed E-state index contributed by atoms with van der Waals surface area (Å²) in [5.74, 6) is 0.822. The molecule has 3 heterocycles. The van der Waals surface area contributed by atoms with Gasteiger partial charge in [-0.1, -0.05) is 12.1 Å². The fraction of sp³-hybridized carbons (Fsp3) is 0.636. The van der Waals surface area contributed by atoms with Crippen molar-refractivity contribution in [1.29, 1.82) is 0 Å². The first-order chi connectivity index (χ1) is 14.4. The molecule has 3 aliphatic rings. The molecule has 0 saturated carbocycles. The van der Waals surface area contributed by atoms with Crippen molar-refractivity contribution in [1.82, 2.24) is 20.0 Å². The lowest BCUT2D eigenvalue weighted by Crippen LogP contribution is -2.78. The van der Waals surface area contributed by atoms with E-state index in [2.05, 4.69) is 27.2 Å². The third kappa shape index (κ3) is 4.31. The van der Waals surface area contributed by atoms with Crippen LogP contribution in [0, 0.1) is 0 Å². The highest BCUT2D eigenvalue weighted by Crippen LogP contribution is 2.39. The summed E-state index contributed by atoms with van der Waals surface area (Å²) in [6.45, 7) is 6.51. The number of carbonyl (C=O) groups is 2. The Morgan fingerprint density at radius 3 is 2.60 bits per heavy atom. The van der Waals surface area contributed by atoms with Crippen LogP contribution in [0.25, 0.3) is 0 Å². The van der Waals surface area contributed by atoms with Gasteiger partial charge in [0, 0.05) is 65.2 Å². The molecule has 2 amide bonds. The van der Waals surface area contributed by atoms with Gasteiger partial charge >= 0.3 is 0 Å². The van der Waals surface area contributed by atoms with E-state index < -0.39 is 0 Å². The fourth-order valence-electron chi connectivity index (χ4n) is 5.27. The van der Waals surface area contributed by atoms with E-state index in [0.29, 0.717) is 32.6 Å². The van der Waals surface area contributed by atoms with Crippen LogP contribution in [0.4, 0.5) is 0 Å². The SMILES string of the molecule is COc1ccc(CN2CC3(C2)CN(C(=O)CCNC(C)=O)C[C@@H]2C[C@@H](O)CN23)cc1. The number of likely N-dealkylation sites (tertiary alicyclic amines) is 1. The largest absolute Gasteiger partial charge is 0.497 e. The fourth-order valence-corrected chi connectivity index (χ4v) is 5.27. The van der Waals surface area contributed by atoms with Gasteiger partial charge in [0.1, 0.15) is 5.75 Å². The van der Waals surface area contributed by atoms with Crippen molar-refractivity contribution >= 4 is 11.8 Å². The van der Waals surface area contributed by atoms with Crippen molar-refractivity contribution in [3.63, 3.8) is 0 Å². The summed E-state index contributed by atoms with van der Waals surface area (Å²) >= 11 is 0. The first-order valence-electron chi connectivity index (χ1n) is 10.7. The highest BCUT2D eigenvalue weighted by molar-refractivity contribution is 5.78. The highest BCUT2D eigenvalue weighted by atomic mass is 16.5. The molecule has 0 bridgehead atoms. The number of aliphatic hydroxyl groups is 1. The van der Waals surface area contributed by atoms with Crippen molar-refractivity contribution in [2.24, 2.45) is 0 Å². The minimum Gasteiger partial charge on any atom is -0.497 e. The number of fused-ring (bicyclic) bond motifs is 2. The third-order valence-electron chi connectivity index (χ3n) is 6.58. The molecule has 4 rings (SSSR count). The lowest BCUT2D eigenvalue weighted by molar-refractivity contribution is -0.151. The van der Waals surface area contributed by atoms with Gasteiger partial charge in [-0.15, -0.1) is 0 Å². The molecule has 1 aromatic carbocycles. The lowest BCUT2D eigenvalue weighted by atomic mass is 9.83. The van der Waals surface area contributed by atoms with Crippen LogP contribution in [0.1, 0.15) is 25.3 Å². The van der Waals surface area contributed by atoms with Crippen molar-refractivity contribution < 1.29 is 19.4 Å². The van der Waals surface area contributed by atoms with E-state index in [9.17, 15) is 14.7 Å². The van der Waals surface area contributed by atoms with Gasteiger partial charge in [0.25, 0.3) is 0 Å². The van der Waals surface area contributed by atoms with Gasteiger partial charge in [-0.2, -0.15) is 0 Å². The zero-order valence-corrected chi connectivity index (χ0v) is 17.8. The van der Waals surface area contributed by atoms with Gasteiger partial charge in [0.2, 0.25) is 11.8 Å². The summed E-state index contributed by atoms with van der Waals surface area (Å²) in [6.07, 6.45) is 0.716. The van der Waals surface area contributed by atoms with Crippen molar-refractivity contribution in [2.75, 3.05) is 46.4 Å². The molecular weight excluding hydrogens is 384 g/mol. The Morgan fingerprint density at radius 1 is 1.20 bits per heavy atom. The average Bonchev–Trinajstić information content (AvgIpc) is 3.07. The summed E-state index contributed by atoms with van der Waals surface area (Å²) in [6, 6.07) is 8.35. The molecule has 3 saturated heterocycles. The van der Waals surface area contributed by atoms with E-state index in [1.54, 1.807) is 7.11 Å². The van der Waals surface area contributed by atoms with Gasteiger partial charge < -0.3 is 20.1 Å². The number of rotatable bonds is 6. The number of benzene rings is 1. The molecule has 1 spiro atoms. The van der Waals surface area contributed by atoms with Gasteiger partial charge in [0.05, 0.1) is 18.8 Å². The van der Waals surface area contributed by atoms with Crippen molar-refractivity contribution in [3.05, 3.63) is 29.8 Å². The number of nitrogens with one attached hydrogen (secondary N) is 1. The van der Waals surface area contributed by atoms with Crippen LogP contribution in [-0.2, 0) is 16.1 Å². The normalized spacial score (nSPS) is 25.6. The second-order valence-corrected chi connectivity index (χ2v) is 8.92. The van der Waals surface area contributed by atoms with Gasteiger partial charge in [0.15, 0.2) is 0 Å². The first kappa shape index (κ1) is 21.1. The zero-order valence-electron chi connectivity index (χ0n) is 17.8. The maximum Gasteiger partial charge on any atom is 0.224 e. The van der Waals surface area contributed by atoms with Crippen molar-refractivity contribution in [2.45, 2.75) is 44.0 Å². The molecule has 0 aromatic heterocycles. The van der Waals surface area contributed by atoms with Crippen LogP contribution < -0.4 is 10.1 Å². The van der Waals surface area contributed by atoms with Crippen LogP contribution in [0.3, 0.4) is 0 Å². The molecule has 3 aliphatic heterocycles. The molecule has 2 atom stereocenters. The number of aliphatic hydroxyl groups excluding tert-OH is 1. The molecule has 8 heteroatoms. The minimum atomic E-state index is -0.322. The number of piperazine rings is 1. The van der Waals surface area contributed by atoms with E-state index in [0.717, 1.165) is 31.8 Å². The molecule has 30 heavy (non-hydrogen) atoms. The summed E-state index contributed by atoms with van der Waals surface area (Å²) in [7, 11) is 1.67. The summed E-state index contributed by atoms with van der Waals surface area (Å²) in [4.78, 5) is 30.7. The Labute approximate surface area is 177 Å². The van der Waals surface area contributed by atoms with Gasteiger partial charge in [-0.25, -0.2) is 0 Å². The Hall–Kier alpha value is -2.16. The molecule has 0 aliphatic carbocycles. The van der Waals surface area contributed by atoms with Gasteiger partial charge in [-0.05, 0) is 24.1 Å². The lowest BCUT2D eigenvalue weighted by Gasteiger charge is -2.61. The molecule has 2 N–H and O–H groups in total. The number of amides is 2. The predicted octanol–water partition coefficient (Wildman–Crippen LogP) is 0.0532. The number of β-amino-alcohol motifs (C(OH)–C–C–N with tert-alkyl or cyclic N) is 1. The number of nitrogens with zero attached hydrogens (tertiary/aromatic N) is 3. The summed E-state index contributed by atoms with van der Waals surface area (Å²) in [5.41, 5.74) is 1.15. The standard InChI is InChI=1S/C22H32N4O4/c1-16(27)23-8-7-21(29)25-11-18-9-19(28)12-26(18)22(15-25)13-24(14-22)10-17-3-5-20(30-2)6-4-17/h3-6,18-19,28H,7-15H2,1-2H3,(H,23,27)/t18-,19+/m0/s1. The number of ether oxygens (including phenoxy) is 1. The van der Waals surface area contributed by atoms with E-state index in [1.165, 1.54) is 12.5 Å². The van der Waals surface area contributed by atoms with E-state index in [1.807, 2.05) is 17.0 Å². The first-order valence-corrected chi connectivity index (χ1v) is 10.7. The highest BCUT2D eigenvalue weighted by Gasteiger charge is 2.56. The Morgan fingerprint density at radius 2 is 1.93 bits per heavy atom. The number of methoxy groups -OCH3 is 1. The second-order valence-electron chi connectivity index (χ2n) is 8.92. The molecule has 8 nitrogen and oxygen atoms in total. The third-order valence-corrected chi connectivity index (χ3v) is 6.58. The van der Waals surface area contributed by atoms with Crippen LogP contribution in [-0.4, -0.2) is 95.7 Å². The molecule has 3 fully saturated rings. The van der Waals surface area contributed by atoms with Crippen LogP contribution in [0.15, 0.2) is 24.3 Å². The number of hydrogen-bond donors (Lipinski definition) is 2. The van der Waals surface area contributed by atoms with E-state index in [-0.39, 0.29) is 29.5 Å². The minimum absolute atomic E-state index is 0.0813. The maximum absolute atomic E-state index is 12.8. The smallest absolute Gasteiger partial charge is 0.224 e. The average molecular weight is 417 g/mol. The van der Waals surface area contributed by atoms with Crippen LogP contribution >= 0.6 is 0 Å².